The molecule has 0 spiro atoms. The maximum atomic E-state index is 9.61. The van der Waals surface area contributed by atoms with Crippen molar-refractivity contribution >= 4 is 62.5 Å². The van der Waals surface area contributed by atoms with Crippen molar-refractivity contribution in [1.82, 2.24) is 4.98 Å². The molecule has 3 aromatic carbocycles. The van der Waals surface area contributed by atoms with Gasteiger partial charge in [0.1, 0.15) is 12.7 Å². The van der Waals surface area contributed by atoms with Crippen LogP contribution in [0.25, 0.3) is 21.3 Å². The number of ether oxygens (including phenoxy) is 1. The van der Waals surface area contributed by atoms with Gasteiger partial charge in [0.15, 0.2) is 10.9 Å². The van der Waals surface area contributed by atoms with Crippen LogP contribution in [-0.4, -0.2) is 23.7 Å². The standard InChI is InChI=1S/C25H21Cl2N3OS.CH4S/c1-25(2,19-11-17(14-28)23(20(27)13-19)31-10-9-26)18-6-3-15(4-7-18)16-5-8-22-21(12-16)30-24(29)32-22;1-2/h3-8,11-13H,9-10H2,1-2H3,(H2,29,30);2H,1H3. The summed E-state index contributed by atoms with van der Waals surface area (Å²) in [4.78, 5) is 4.39. The summed E-state index contributed by atoms with van der Waals surface area (Å²) in [6, 6.07) is 20.5. The summed E-state index contributed by atoms with van der Waals surface area (Å²) >= 11 is 17.2. The summed E-state index contributed by atoms with van der Waals surface area (Å²) < 4.78 is 6.66. The van der Waals surface area contributed by atoms with Gasteiger partial charge in [0.2, 0.25) is 0 Å². The molecule has 4 aromatic rings. The molecule has 0 radical (unpaired) electrons. The fourth-order valence-corrected chi connectivity index (χ4v) is 4.76. The normalized spacial score (nSPS) is 11.0. The lowest BCUT2D eigenvalue weighted by Gasteiger charge is -2.27. The van der Waals surface area contributed by atoms with Crippen molar-refractivity contribution < 1.29 is 4.74 Å². The SMILES string of the molecule is CC(C)(c1ccc(-c2ccc3sc(N)nc3c2)cc1)c1cc(Cl)c(OCCCl)c(C#N)c1.CS. The number of aromatic nitrogens is 1. The Hall–Kier alpha value is -2.43. The number of nitrogens with two attached hydrogens (primary N) is 1. The number of hydrogen-bond donors (Lipinski definition) is 2. The summed E-state index contributed by atoms with van der Waals surface area (Å²) in [5, 5.41) is 10.6. The average Bonchev–Trinajstić information content (AvgIpc) is 3.23. The third-order valence-electron chi connectivity index (χ3n) is 5.55. The van der Waals surface area contributed by atoms with E-state index < -0.39 is 0 Å². The fraction of sp³-hybridized carbons (Fsp3) is 0.231. The Morgan fingerprint density at radius 2 is 1.74 bits per heavy atom. The highest BCUT2D eigenvalue weighted by Gasteiger charge is 2.26. The number of nitrogens with zero attached hydrogens (tertiary/aromatic N) is 2. The van der Waals surface area contributed by atoms with Crippen LogP contribution in [0.4, 0.5) is 5.13 Å². The minimum absolute atomic E-state index is 0.291. The fourth-order valence-electron chi connectivity index (χ4n) is 3.70. The Bertz CT molecular complexity index is 1330. The molecule has 8 heteroatoms. The van der Waals surface area contributed by atoms with Gasteiger partial charge in [0.05, 0.1) is 26.7 Å². The van der Waals surface area contributed by atoms with Gasteiger partial charge in [-0.05, 0) is 52.8 Å². The van der Waals surface area contributed by atoms with Crippen LogP contribution in [0, 0.1) is 11.3 Å². The molecular formula is C26H25Cl2N3OS2. The van der Waals surface area contributed by atoms with Crippen LogP contribution in [0.3, 0.4) is 0 Å². The summed E-state index contributed by atoms with van der Waals surface area (Å²) in [6.07, 6.45) is 1.69. The van der Waals surface area contributed by atoms with E-state index in [9.17, 15) is 5.26 Å². The number of halogens is 2. The highest BCUT2D eigenvalue weighted by molar-refractivity contribution is 7.79. The van der Waals surface area contributed by atoms with Crippen molar-refractivity contribution in [3.05, 3.63) is 76.3 Å². The van der Waals surface area contributed by atoms with Crippen LogP contribution in [0.2, 0.25) is 5.02 Å². The van der Waals surface area contributed by atoms with Crippen LogP contribution in [0.5, 0.6) is 5.75 Å². The largest absolute Gasteiger partial charge is 0.489 e. The molecule has 0 aliphatic heterocycles. The van der Waals surface area contributed by atoms with Crippen LogP contribution in [-0.2, 0) is 5.41 Å². The maximum Gasteiger partial charge on any atom is 0.181 e. The van der Waals surface area contributed by atoms with Gasteiger partial charge in [0.25, 0.3) is 0 Å². The van der Waals surface area contributed by atoms with Crippen molar-refractivity contribution in [2.24, 2.45) is 0 Å². The first-order chi connectivity index (χ1) is 16.3. The Morgan fingerprint density at radius 3 is 2.38 bits per heavy atom. The molecule has 1 aromatic heterocycles. The van der Waals surface area contributed by atoms with Crippen molar-refractivity contribution in [2.45, 2.75) is 19.3 Å². The van der Waals surface area contributed by atoms with E-state index >= 15 is 0 Å². The van der Waals surface area contributed by atoms with Gasteiger partial charge in [-0.15, -0.1) is 11.6 Å². The van der Waals surface area contributed by atoms with E-state index in [1.54, 1.807) is 6.26 Å². The van der Waals surface area contributed by atoms with Gasteiger partial charge >= 0.3 is 0 Å². The van der Waals surface area contributed by atoms with E-state index in [4.69, 9.17) is 33.7 Å². The lowest BCUT2D eigenvalue weighted by molar-refractivity contribution is 0.341. The molecule has 0 aliphatic rings. The van der Waals surface area contributed by atoms with E-state index in [1.165, 1.54) is 11.3 Å². The Labute approximate surface area is 219 Å². The molecule has 4 nitrogen and oxygen atoms in total. The first-order valence-corrected chi connectivity index (χ1v) is 13.1. The number of anilines is 1. The molecule has 0 fully saturated rings. The summed E-state index contributed by atoms with van der Waals surface area (Å²) in [6.45, 7) is 4.51. The van der Waals surface area contributed by atoms with Gasteiger partial charge < -0.3 is 10.5 Å². The lowest BCUT2D eigenvalue weighted by Crippen LogP contribution is -2.19. The molecule has 176 valence electrons. The zero-order valence-corrected chi connectivity index (χ0v) is 22.3. The Morgan fingerprint density at radius 1 is 1.06 bits per heavy atom. The molecule has 0 bridgehead atoms. The van der Waals surface area contributed by atoms with Gasteiger partial charge in [0, 0.05) is 5.41 Å². The second-order valence-electron chi connectivity index (χ2n) is 7.92. The number of rotatable bonds is 6. The molecule has 4 rings (SSSR count). The number of hydrogen-bond acceptors (Lipinski definition) is 6. The first-order valence-electron chi connectivity index (χ1n) is 10.5. The number of fused-ring (bicyclic) bond motifs is 1. The zero-order valence-electron chi connectivity index (χ0n) is 19.1. The number of thiol groups is 1. The average molecular weight is 531 g/mol. The number of thiazole rings is 1. The van der Waals surface area contributed by atoms with Gasteiger partial charge in [-0.25, -0.2) is 4.98 Å². The molecule has 0 saturated heterocycles. The van der Waals surface area contributed by atoms with Crippen molar-refractivity contribution in [3.8, 4) is 22.9 Å². The molecule has 34 heavy (non-hydrogen) atoms. The summed E-state index contributed by atoms with van der Waals surface area (Å²) in [7, 11) is 0. The number of nitriles is 1. The van der Waals surface area contributed by atoms with Gasteiger partial charge in [-0.1, -0.05) is 67.1 Å². The number of nitrogen functional groups attached to an aromatic ring is 1. The summed E-state index contributed by atoms with van der Waals surface area (Å²) in [5.74, 6) is 0.701. The third kappa shape index (κ3) is 5.45. The topological polar surface area (TPSA) is 71.9 Å². The monoisotopic (exact) mass is 529 g/mol. The predicted octanol–water partition coefficient (Wildman–Crippen LogP) is 7.56. The minimum Gasteiger partial charge on any atom is -0.489 e. The van der Waals surface area contributed by atoms with E-state index in [0.29, 0.717) is 34.0 Å². The highest BCUT2D eigenvalue weighted by Crippen LogP contribution is 2.39. The van der Waals surface area contributed by atoms with Crippen LogP contribution >= 0.6 is 47.2 Å². The minimum atomic E-state index is -0.369. The number of benzene rings is 3. The van der Waals surface area contributed by atoms with Gasteiger partial charge in [-0.3, -0.25) is 0 Å². The second-order valence-corrected chi connectivity index (χ2v) is 9.77. The van der Waals surface area contributed by atoms with E-state index in [1.807, 2.05) is 12.1 Å². The van der Waals surface area contributed by atoms with Crippen molar-refractivity contribution in [1.29, 1.82) is 5.26 Å². The van der Waals surface area contributed by atoms with E-state index in [2.05, 4.69) is 80.0 Å². The van der Waals surface area contributed by atoms with E-state index in [0.717, 1.165) is 32.5 Å². The Balaban J connectivity index is 0.00000158. The van der Waals surface area contributed by atoms with E-state index in [-0.39, 0.29) is 5.41 Å². The van der Waals surface area contributed by atoms with Crippen LogP contribution in [0.1, 0.15) is 30.5 Å². The quantitative estimate of drug-likeness (QED) is 0.199. The molecular weight excluding hydrogens is 505 g/mol. The van der Waals surface area contributed by atoms with Crippen LogP contribution < -0.4 is 10.5 Å². The molecule has 2 N–H and O–H groups in total. The molecule has 0 aliphatic carbocycles. The lowest BCUT2D eigenvalue weighted by atomic mass is 9.77. The maximum absolute atomic E-state index is 9.61. The van der Waals surface area contributed by atoms with Crippen molar-refractivity contribution in [3.63, 3.8) is 0 Å². The third-order valence-corrected chi connectivity index (χ3v) is 6.85. The first kappa shape index (κ1) is 26.2. The second kappa shape index (κ2) is 11.3. The highest BCUT2D eigenvalue weighted by atomic mass is 35.5. The molecule has 0 unspecified atom stereocenters. The zero-order chi connectivity index (χ0) is 24.9. The van der Waals surface area contributed by atoms with Gasteiger partial charge in [-0.2, -0.15) is 17.9 Å². The molecule has 0 amide bonds. The van der Waals surface area contributed by atoms with Crippen molar-refractivity contribution in [2.75, 3.05) is 24.5 Å². The Kier molecular flexibility index (Phi) is 8.72. The molecule has 0 atom stereocenters. The molecule has 0 saturated carbocycles. The van der Waals surface area contributed by atoms with Crippen LogP contribution in [0.15, 0.2) is 54.6 Å². The summed E-state index contributed by atoms with van der Waals surface area (Å²) in [5.41, 5.74) is 11.0. The number of alkyl halides is 1. The smallest absolute Gasteiger partial charge is 0.181 e. The predicted molar refractivity (Wildman–Crippen MR) is 149 cm³/mol. The molecule has 1 heterocycles.